The highest BCUT2D eigenvalue weighted by Crippen LogP contribution is 2.22. The van der Waals surface area contributed by atoms with Gasteiger partial charge in [0.15, 0.2) is 0 Å². The third-order valence-corrected chi connectivity index (χ3v) is 4.16. The van der Waals surface area contributed by atoms with Gasteiger partial charge < -0.3 is 9.80 Å². The molecule has 1 aliphatic rings. The Morgan fingerprint density at radius 3 is 2.33 bits per heavy atom. The molecule has 1 aliphatic heterocycles. The lowest BCUT2D eigenvalue weighted by atomic mass is 10.0. The summed E-state index contributed by atoms with van der Waals surface area (Å²) in [5.41, 5.74) is 2.00. The molecule has 0 spiro atoms. The Kier molecular flexibility index (Phi) is 4.02. The lowest BCUT2D eigenvalue weighted by molar-refractivity contribution is -0.887. The summed E-state index contributed by atoms with van der Waals surface area (Å²) >= 11 is 0. The van der Waals surface area contributed by atoms with Crippen LogP contribution in [0.4, 0.5) is 0 Å². The van der Waals surface area contributed by atoms with E-state index in [0.29, 0.717) is 0 Å². The number of hydrogen-bond acceptors (Lipinski definition) is 1. The van der Waals surface area contributed by atoms with Crippen LogP contribution in [0, 0.1) is 0 Å². The van der Waals surface area contributed by atoms with Crippen LogP contribution in [0.5, 0.6) is 0 Å². The molecule has 21 heavy (non-hydrogen) atoms. The summed E-state index contributed by atoms with van der Waals surface area (Å²) < 4.78 is 0. The molecule has 1 fully saturated rings. The molecule has 3 rings (SSSR count). The van der Waals surface area contributed by atoms with Crippen LogP contribution in [0.1, 0.15) is 22.0 Å². The number of amides is 1. The molecule has 2 aromatic carbocycles. The van der Waals surface area contributed by atoms with Gasteiger partial charge in [0, 0.05) is 5.56 Å². The second kappa shape index (κ2) is 6.10. The number of nitrogens with zero attached hydrogens (tertiary/aromatic N) is 1. The Balaban J connectivity index is 1.90. The van der Waals surface area contributed by atoms with E-state index in [9.17, 15) is 4.79 Å². The number of piperazine rings is 1. The lowest BCUT2D eigenvalue weighted by Gasteiger charge is -2.38. The number of benzene rings is 2. The van der Waals surface area contributed by atoms with Crippen LogP contribution in [0.15, 0.2) is 60.7 Å². The Bertz CT molecular complexity index is 597. The molecule has 1 amide bonds. The molecule has 0 bridgehead atoms. The van der Waals surface area contributed by atoms with Crippen molar-refractivity contribution in [1.82, 2.24) is 4.90 Å². The summed E-state index contributed by atoms with van der Waals surface area (Å²) in [6.45, 7) is 2.77. The smallest absolute Gasteiger partial charge is 0.254 e. The Hall–Kier alpha value is -2.13. The first-order valence-electron chi connectivity index (χ1n) is 7.48. The molecular weight excluding hydrogens is 260 g/mol. The van der Waals surface area contributed by atoms with Gasteiger partial charge in [-0.25, -0.2) is 0 Å². The van der Waals surface area contributed by atoms with Crippen molar-refractivity contribution in [3.63, 3.8) is 0 Å². The van der Waals surface area contributed by atoms with Gasteiger partial charge in [-0.1, -0.05) is 48.5 Å². The van der Waals surface area contributed by atoms with Gasteiger partial charge in [-0.05, 0) is 17.7 Å². The number of hydrogen-bond donors (Lipinski definition) is 1. The summed E-state index contributed by atoms with van der Waals surface area (Å²) in [6, 6.07) is 20.1. The van der Waals surface area contributed by atoms with Gasteiger partial charge in [0.05, 0.1) is 20.1 Å². The number of carbonyl (C=O) groups is 1. The van der Waals surface area contributed by atoms with E-state index in [1.165, 1.54) is 10.5 Å². The minimum absolute atomic E-state index is 0.136. The lowest BCUT2D eigenvalue weighted by Crippen LogP contribution is -3.12. The largest absolute Gasteiger partial charge is 0.334 e. The topological polar surface area (TPSA) is 24.8 Å². The Morgan fingerprint density at radius 1 is 1.05 bits per heavy atom. The summed E-state index contributed by atoms with van der Waals surface area (Å²) in [5, 5.41) is 0. The third kappa shape index (κ3) is 2.98. The average molecular weight is 281 g/mol. The Labute approximate surface area is 125 Å². The van der Waals surface area contributed by atoms with Crippen LogP contribution in [0.2, 0.25) is 0 Å². The molecule has 0 aromatic heterocycles. The van der Waals surface area contributed by atoms with E-state index < -0.39 is 0 Å². The highest BCUT2D eigenvalue weighted by Gasteiger charge is 2.32. The number of nitrogens with one attached hydrogen (secondary N) is 1. The van der Waals surface area contributed by atoms with Crippen LogP contribution in [-0.2, 0) is 0 Å². The fourth-order valence-electron chi connectivity index (χ4n) is 2.97. The maximum absolute atomic E-state index is 12.8. The van der Waals surface area contributed by atoms with E-state index in [2.05, 4.69) is 19.2 Å². The third-order valence-electron chi connectivity index (χ3n) is 4.16. The van der Waals surface area contributed by atoms with Crippen LogP contribution in [0.3, 0.4) is 0 Å². The molecule has 1 heterocycles. The van der Waals surface area contributed by atoms with Gasteiger partial charge in [0.1, 0.15) is 12.6 Å². The van der Waals surface area contributed by atoms with Crippen molar-refractivity contribution in [3.8, 4) is 0 Å². The monoisotopic (exact) mass is 281 g/mol. The molecule has 2 atom stereocenters. The molecule has 1 unspecified atom stereocenters. The molecule has 0 radical (unpaired) electrons. The van der Waals surface area contributed by atoms with Crippen molar-refractivity contribution in [2.24, 2.45) is 0 Å². The quantitative estimate of drug-likeness (QED) is 0.884. The minimum Gasteiger partial charge on any atom is -0.334 e. The molecule has 1 saturated heterocycles. The zero-order valence-electron chi connectivity index (χ0n) is 12.3. The van der Waals surface area contributed by atoms with Crippen LogP contribution in [-0.4, -0.2) is 37.5 Å². The number of likely N-dealkylation sites (N-methyl/N-ethyl adjacent to an activating group) is 1. The van der Waals surface area contributed by atoms with Crippen molar-refractivity contribution in [2.45, 2.75) is 6.04 Å². The number of rotatable bonds is 2. The van der Waals surface area contributed by atoms with Gasteiger partial charge >= 0.3 is 0 Å². The molecule has 0 saturated carbocycles. The number of quaternary nitrogens is 1. The van der Waals surface area contributed by atoms with Crippen LogP contribution < -0.4 is 4.90 Å². The second-order valence-electron chi connectivity index (χ2n) is 5.70. The predicted octanol–water partition coefficient (Wildman–Crippen LogP) is 1.40. The minimum atomic E-state index is 0.136. The van der Waals surface area contributed by atoms with Gasteiger partial charge in [-0.3, -0.25) is 4.79 Å². The molecule has 0 aliphatic carbocycles. The average Bonchev–Trinajstić information content (AvgIpc) is 2.56. The normalized spacial score (nSPS) is 22.0. The van der Waals surface area contributed by atoms with E-state index in [1.54, 1.807) is 0 Å². The van der Waals surface area contributed by atoms with Crippen molar-refractivity contribution in [1.29, 1.82) is 0 Å². The van der Waals surface area contributed by atoms with Crippen LogP contribution >= 0.6 is 0 Å². The summed E-state index contributed by atoms with van der Waals surface area (Å²) in [6.07, 6.45) is 0. The fraction of sp³-hybridized carbons (Fsp3) is 0.278. The SMILES string of the molecule is C[NH+]1CCN(C(=O)c2ccccc2)[C@H](c2ccccc2)C1. The van der Waals surface area contributed by atoms with Crippen LogP contribution in [0.25, 0.3) is 0 Å². The van der Waals surface area contributed by atoms with E-state index in [-0.39, 0.29) is 11.9 Å². The van der Waals surface area contributed by atoms with Gasteiger partial charge in [-0.2, -0.15) is 0 Å². The molecule has 108 valence electrons. The van der Waals surface area contributed by atoms with E-state index in [1.807, 2.05) is 53.4 Å². The predicted molar refractivity (Wildman–Crippen MR) is 83.3 cm³/mol. The van der Waals surface area contributed by atoms with E-state index >= 15 is 0 Å². The molecule has 3 heteroatoms. The maximum Gasteiger partial charge on any atom is 0.254 e. The second-order valence-corrected chi connectivity index (χ2v) is 5.70. The first-order chi connectivity index (χ1) is 10.3. The molecule has 3 nitrogen and oxygen atoms in total. The Morgan fingerprint density at radius 2 is 1.67 bits per heavy atom. The maximum atomic E-state index is 12.8. The van der Waals surface area contributed by atoms with E-state index in [4.69, 9.17) is 0 Å². The molecule has 1 N–H and O–H groups in total. The highest BCUT2D eigenvalue weighted by molar-refractivity contribution is 5.94. The van der Waals surface area contributed by atoms with Crippen molar-refractivity contribution >= 4 is 5.91 Å². The van der Waals surface area contributed by atoms with E-state index in [0.717, 1.165) is 25.2 Å². The van der Waals surface area contributed by atoms with Gasteiger partial charge in [-0.15, -0.1) is 0 Å². The highest BCUT2D eigenvalue weighted by atomic mass is 16.2. The summed E-state index contributed by atoms with van der Waals surface area (Å²) in [7, 11) is 2.19. The molecular formula is C18H21N2O+. The molecule has 2 aromatic rings. The van der Waals surface area contributed by atoms with Crippen molar-refractivity contribution in [2.75, 3.05) is 26.7 Å². The van der Waals surface area contributed by atoms with Gasteiger partial charge in [0.25, 0.3) is 5.91 Å². The zero-order valence-corrected chi connectivity index (χ0v) is 12.3. The first kappa shape index (κ1) is 13.8. The summed E-state index contributed by atoms with van der Waals surface area (Å²) in [4.78, 5) is 16.3. The number of carbonyl (C=O) groups excluding carboxylic acids is 1. The fourth-order valence-corrected chi connectivity index (χ4v) is 2.97. The van der Waals surface area contributed by atoms with Crippen molar-refractivity contribution < 1.29 is 9.69 Å². The van der Waals surface area contributed by atoms with Crippen molar-refractivity contribution in [3.05, 3.63) is 71.8 Å². The first-order valence-corrected chi connectivity index (χ1v) is 7.48. The summed E-state index contributed by atoms with van der Waals surface area (Å²) in [5.74, 6) is 0.136. The standard InChI is InChI=1S/C18H20N2O/c1-19-12-13-20(18(21)16-10-6-3-7-11-16)17(14-19)15-8-4-2-5-9-15/h2-11,17H,12-14H2,1H3/p+1/t17-/m0/s1. The zero-order chi connectivity index (χ0) is 14.7. The van der Waals surface area contributed by atoms with Gasteiger partial charge in [0.2, 0.25) is 0 Å².